The zero-order valence-corrected chi connectivity index (χ0v) is 8.39. The summed E-state index contributed by atoms with van der Waals surface area (Å²) in [4.78, 5) is 0. The number of hydrogen-bond donors (Lipinski definition) is 0. The molecule has 0 aliphatic heterocycles. The number of hydrogen-bond acceptors (Lipinski definition) is 2. The molecule has 0 aromatic heterocycles. The van der Waals surface area contributed by atoms with Crippen LogP contribution in [0.5, 0.6) is 0 Å². The molecule has 2 heteroatoms. The second kappa shape index (κ2) is 3.23. The Morgan fingerprint density at radius 1 is 1.38 bits per heavy atom. The van der Waals surface area contributed by atoms with E-state index < -0.39 is 0 Å². The predicted molar refractivity (Wildman–Crippen MR) is 50.4 cm³/mol. The maximum absolute atomic E-state index is 8.74. The van der Waals surface area contributed by atoms with Crippen LogP contribution < -0.4 is 0 Å². The Morgan fingerprint density at radius 2 is 1.85 bits per heavy atom. The minimum atomic E-state index is 0.310. The first kappa shape index (κ1) is 9.81. The Balaban J connectivity index is 2.95. The van der Waals surface area contributed by atoms with E-state index in [-0.39, 0.29) is 0 Å². The summed E-state index contributed by atoms with van der Waals surface area (Å²) < 4.78 is 0. The fraction of sp³-hybridized carbons (Fsp3) is 0.636. The van der Waals surface area contributed by atoms with Crippen molar-refractivity contribution in [2.45, 2.75) is 33.6 Å². The number of nitriles is 2. The molecular formula is C11H14N2. The van der Waals surface area contributed by atoms with Crippen molar-refractivity contribution in [2.75, 3.05) is 0 Å². The van der Waals surface area contributed by atoms with Gasteiger partial charge in [0.25, 0.3) is 0 Å². The zero-order chi connectivity index (χ0) is 10.1. The molecular weight excluding hydrogens is 160 g/mol. The van der Waals surface area contributed by atoms with Gasteiger partial charge in [0.1, 0.15) is 17.7 Å². The van der Waals surface area contributed by atoms with Crippen LogP contribution in [0.1, 0.15) is 33.6 Å². The van der Waals surface area contributed by atoms with Gasteiger partial charge in [-0.25, -0.2) is 0 Å². The highest BCUT2D eigenvalue weighted by atomic mass is 14.5. The number of allylic oxidation sites excluding steroid dienone is 2. The highest BCUT2D eigenvalue weighted by molar-refractivity contribution is 5.43. The fourth-order valence-electron chi connectivity index (χ4n) is 1.83. The van der Waals surface area contributed by atoms with Gasteiger partial charge in [-0.05, 0) is 29.7 Å². The highest BCUT2D eigenvalue weighted by Crippen LogP contribution is 2.56. The van der Waals surface area contributed by atoms with E-state index in [0.717, 1.165) is 18.4 Å². The van der Waals surface area contributed by atoms with Crippen LogP contribution in [0.2, 0.25) is 0 Å². The first-order chi connectivity index (χ1) is 6.06. The highest BCUT2D eigenvalue weighted by Gasteiger charge is 2.47. The summed E-state index contributed by atoms with van der Waals surface area (Å²) in [7, 11) is 0. The van der Waals surface area contributed by atoms with Gasteiger partial charge in [0.05, 0.1) is 0 Å². The molecule has 1 aliphatic carbocycles. The summed E-state index contributed by atoms with van der Waals surface area (Å²) in [6, 6.07) is 3.96. The van der Waals surface area contributed by atoms with E-state index in [1.54, 1.807) is 0 Å². The molecule has 1 fully saturated rings. The van der Waals surface area contributed by atoms with Crippen LogP contribution in [0, 0.1) is 34.0 Å². The summed E-state index contributed by atoms with van der Waals surface area (Å²) in [5.41, 5.74) is 1.69. The maximum atomic E-state index is 8.74. The molecule has 2 nitrogen and oxygen atoms in total. The van der Waals surface area contributed by atoms with Crippen molar-refractivity contribution in [1.29, 1.82) is 10.5 Å². The molecule has 0 aromatic rings. The van der Waals surface area contributed by atoms with Gasteiger partial charge in [-0.1, -0.05) is 20.8 Å². The second-order valence-electron chi connectivity index (χ2n) is 4.22. The first-order valence-corrected chi connectivity index (χ1v) is 4.60. The van der Waals surface area contributed by atoms with Crippen LogP contribution in [0.4, 0.5) is 0 Å². The third-order valence-corrected chi connectivity index (χ3v) is 2.86. The summed E-state index contributed by atoms with van der Waals surface area (Å²) in [5, 5.41) is 17.5. The van der Waals surface area contributed by atoms with Gasteiger partial charge in [-0.15, -0.1) is 0 Å². The first-order valence-electron chi connectivity index (χ1n) is 4.60. The topological polar surface area (TPSA) is 47.6 Å². The van der Waals surface area contributed by atoms with Crippen LogP contribution in [0.3, 0.4) is 0 Å². The third-order valence-electron chi connectivity index (χ3n) is 2.86. The minimum absolute atomic E-state index is 0.310. The molecule has 68 valence electrons. The van der Waals surface area contributed by atoms with Crippen LogP contribution in [0.25, 0.3) is 0 Å². The van der Waals surface area contributed by atoms with E-state index in [1.165, 1.54) is 0 Å². The van der Waals surface area contributed by atoms with E-state index >= 15 is 0 Å². The van der Waals surface area contributed by atoms with Gasteiger partial charge >= 0.3 is 0 Å². The molecule has 1 unspecified atom stereocenters. The zero-order valence-electron chi connectivity index (χ0n) is 8.39. The molecule has 1 aliphatic rings. The quantitative estimate of drug-likeness (QED) is 0.604. The molecule has 1 saturated carbocycles. The molecule has 0 saturated heterocycles. The van der Waals surface area contributed by atoms with Gasteiger partial charge in [-0.2, -0.15) is 10.5 Å². The molecule has 0 amide bonds. The largest absolute Gasteiger partial charge is 0.192 e. The van der Waals surface area contributed by atoms with Gasteiger partial charge in [0, 0.05) is 0 Å². The minimum Gasteiger partial charge on any atom is -0.192 e. The molecule has 0 bridgehead atoms. The van der Waals surface area contributed by atoms with Crippen molar-refractivity contribution in [3.63, 3.8) is 0 Å². The lowest BCUT2D eigenvalue weighted by Crippen LogP contribution is -1.97. The SMILES string of the molecule is CCC(=C(C#N)C#N)C1CC1(C)C. The van der Waals surface area contributed by atoms with Crippen molar-refractivity contribution < 1.29 is 0 Å². The van der Waals surface area contributed by atoms with E-state index in [1.807, 2.05) is 19.1 Å². The van der Waals surface area contributed by atoms with Crippen molar-refractivity contribution in [2.24, 2.45) is 11.3 Å². The molecule has 0 N–H and O–H groups in total. The summed E-state index contributed by atoms with van der Waals surface area (Å²) in [5.74, 6) is 0.465. The van der Waals surface area contributed by atoms with Crippen LogP contribution in [-0.2, 0) is 0 Å². The van der Waals surface area contributed by atoms with Crippen LogP contribution >= 0.6 is 0 Å². The third kappa shape index (κ3) is 1.73. The van der Waals surface area contributed by atoms with Gasteiger partial charge in [-0.3, -0.25) is 0 Å². The second-order valence-corrected chi connectivity index (χ2v) is 4.22. The van der Waals surface area contributed by atoms with E-state index in [2.05, 4.69) is 13.8 Å². The lowest BCUT2D eigenvalue weighted by Gasteiger charge is -2.05. The normalized spacial score (nSPS) is 22.7. The predicted octanol–water partition coefficient (Wildman–Crippen LogP) is 2.79. The molecule has 0 spiro atoms. The molecule has 0 radical (unpaired) electrons. The van der Waals surface area contributed by atoms with Crippen molar-refractivity contribution in [3.8, 4) is 12.1 Å². The Hall–Kier alpha value is -1.28. The fourth-order valence-corrected chi connectivity index (χ4v) is 1.83. The van der Waals surface area contributed by atoms with E-state index in [9.17, 15) is 0 Å². The van der Waals surface area contributed by atoms with Crippen LogP contribution in [-0.4, -0.2) is 0 Å². The number of nitrogens with zero attached hydrogens (tertiary/aromatic N) is 2. The van der Waals surface area contributed by atoms with Gasteiger partial charge in [0.15, 0.2) is 0 Å². The molecule has 13 heavy (non-hydrogen) atoms. The Kier molecular flexibility index (Phi) is 2.43. The molecule has 0 heterocycles. The summed E-state index contributed by atoms with van der Waals surface area (Å²) >= 11 is 0. The standard InChI is InChI=1S/C11H14N2/c1-4-9(8(6-12)7-13)10-5-11(10,2)3/h10H,4-5H2,1-3H3. The van der Waals surface area contributed by atoms with Gasteiger partial charge in [0.2, 0.25) is 0 Å². The Labute approximate surface area is 79.5 Å². The smallest absolute Gasteiger partial charge is 0.129 e. The average Bonchev–Trinajstić information content (AvgIpc) is 2.70. The van der Waals surface area contributed by atoms with Gasteiger partial charge < -0.3 is 0 Å². The summed E-state index contributed by atoms with van der Waals surface area (Å²) in [6.07, 6.45) is 1.94. The molecule has 1 rings (SSSR count). The lowest BCUT2D eigenvalue weighted by atomic mass is 9.97. The van der Waals surface area contributed by atoms with Crippen molar-refractivity contribution >= 4 is 0 Å². The Bertz CT molecular complexity index is 307. The molecule has 1 atom stereocenters. The van der Waals surface area contributed by atoms with Crippen molar-refractivity contribution in [1.82, 2.24) is 0 Å². The van der Waals surface area contributed by atoms with E-state index in [4.69, 9.17) is 10.5 Å². The van der Waals surface area contributed by atoms with Crippen molar-refractivity contribution in [3.05, 3.63) is 11.1 Å². The monoisotopic (exact) mass is 174 g/mol. The summed E-state index contributed by atoms with van der Waals surface area (Å²) in [6.45, 7) is 6.37. The maximum Gasteiger partial charge on any atom is 0.129 e. The Morgan fingerprint density at radius 3 is 2.08 bits per heavy atom. The average molecular weight is 174 g/mol. The van der Waals surface area contributed by atoms with E-state index in [0.29, 0.717) is 16.9 Å². The number of rotatable bonds is 2. The lowest BCUT2D eigenvalue weighted by molar-refractivity contribution is 0.589. The molecule has 0 aromatic carbocycles. The van der Waals surface area contributed by atoms with Crippen LogP contribution in [0.15, 0.2) is 11.1 Å².